The molecule has 1 aliphatic carbocycles. The molecule has 0 bridgehead atoms. The minimum absolute atomic E-state index is 0.0350. The maximum absolute atomic E-state index is 12.6. The van der Waals surface area contributed by atoms with Gasteiger partial charge in [-0.1, -0.05) is 38.1 Å². The SMILES string of the molecule is C=CCCC1CCC(C(=O)Oc2ccc(C=CC(=O)OCC(C)(C)c3ccc(N)cc3N)cc2)CC1. The van der Waals surface area contributed by atoms with E-state index in [0.29, 0.717) is 23.0 Å². The zero-order valence-electron chi connectivity index (χ0n) is 21.4. The number of anilines is 2. The van der Waals surface area contributed by atoms with Crippen molar-refractivity contribution in [1.29, 1.82) is 0 Å². The fourth-order valence-corrected chi connectivity index (χ4v) is 4.63. The Labute approximate surface area is 214 Å². The molecule has 1 aliphatic rings. The molecule has 1 fully saturated rings. The molecule has 0 atom stereocenters. The first-order valence-electron chi connectivity index (χ1n) is 12.6. The molecule has 0 unspecified atom stereocenters. The molecular weight excluding hydrogens is 452 g/mol. The van der Waals surface area contributed by atoms with Crippen LogP contribution in [-0.4, -0.2) is 18.5 Å². The van der Waals surface area contributed by atoms with E-state index in [9.17, 15) is 9.59 Å². The van der Waals surface area contributed by atoms with E-state index < -0.39 is 11.4 Å². The van der Waals surface area contributed by atoms with Crippen LogP contribution in [0.4, 0.5) is 11.4 Å². The van der Waals surface area contributed by atoms with E-state index >= 15 is 0 Å². The Morgan fingerprint density at radius 1 is 1.06 bits per heavy atom. The summed E-state index contributed by atoms with van der Waals surface area (Å²) in [5.74, 6) is 0.555. The van der Waals surface area contributed by atoms with Crippen LogP contribution in [0.25, 0.3) is 6.08 Å². The zero-order valence-corrected chi connectivity index (χ0v) is 21.4. The number of rotatable bonds is 10. The summed E-state index contributed by atoms with van der Waals surface area (Å²) in [6, 6.07) is 12.4. The number of benzene rings is 2. The van der Waals surface area contributed by atoms with Crippen molar-refractivity contribution in [3.8, 4) is 5.75 Å². The van der Waals surface area contributed by atoms with E-state index in [1.165, 1.54) is 6.08 Å². The van der Waals surface area contributed by atoms with Crippen molar-refractivity contribution in [3.63, 3.8) is 0 Å². The van der Waals surface area contributed by atoms with E-state index in [2.05, 4.69) is 6.58 Å². The molecule has 192 valence electrons. The lowest BCUT2D eigenvalue weighted by molar-refractivity contribution is -0.140. The van der Waals surface area contributed by atoms with Crippen molar-refractivity contribution in [3.05, 3.63) is 72.3 Å². The highest BCUT2D eigenvalue weighted by molar-refractivity contribution is 5.87. The van der Waals surface area contributed by atoms with Gasteiger partial charge >= 0.3 is 11.9 Å². The highest BCUT2D eigenvalue weighted by Crippen LogP contribution is 2.33. The summed E-state index contributed by atoms with van der Waals surface area (Å²) in [5, 5.41) is 0. The Bertz CT molecular complexity index is 1080. The van der Waals surface area contributed by atoms with Gasteiger partial charge in [-0.15, -0.1) is 6.58 Å². The third-order valence-electron chi connectivity index (χ3n) is 6.85. The standard InChI is InChI=1S/C30H38N2O4/c1-4-5-6-21-7-12-23(13-8-21)29(34)36-25-15-9-22(10-16-25)11-18-28(33)35-20-30(2,3)26-17-14-24(31)19-27(26)32/h4,9-11,14-19,21,23H,1,5-8,12-13,20,31-32H2,2-3H3. The summed E-state index contributed by atoms with van der Waals surface area (Å²) in [5.41, 5.74) is 14.2. The van der Waals surface area contributed by atoms with Crippen LogP contribution in [0.2, 0.25) is 0 Å². The van der Waals surface area contributed by atoms with E-state index in [0.717, 1.165) is 49.7 Å². The number of hydrogen-bond donors (Lipinski definition) is 2. The molecule has 0 saturated heterocycles. The Kier molecular flexibility index (Phi) is 9.34. The summed E-state index contributed by atoms with van der Waals surface area (Å²) >= 11 is 0. The van der Waals surface area contributed by atoms with E-state index in [1.807, 2.05) is 26.0 Å². The second-order valence-corrected chi connectivity index (χ2v) is 10.2. The molecule has 0 heterocycles. The van der Waals surface area contributed by atoms with Gasteiger partial charge in [0.15, 0.2) is 0 Å². The van der Waals surface area contributed by atoms with Gasteiger partial charge in [-0.2, -0.15) is 0 Å². The Morgan fingerprint density at radius 3 is 2.39 bits per heavy atom. The van der Waals surface area contributed by atoms with Crippen LogP contribution in [-0.2, 0) is 19.7 Å². The predicted octanol–water partition coefficient (Wildman–Crippen LogP) is 6.06. The van der Waals surface area contributed by atoms with Crippen LogP contribution in [0.3, 0.4) is 0 Å². The maximum atomic E-state index is 12.6. The first-order chi connectivity index (χ1) is 17.2. The van der Waals surface area contributed by atoms with Crippen LogP contribution >= 0.6 is 0 Å². The van der Waals surface area contributed by atoms with Gasteiger partial charge in [0, 0.05) is 22.9 Å². The molecule has 2 aromatic rings. The highest BCUT2D eigenvalue weighted by Gasteiger charge is 2.27. The molecule has 3 rings (SSSR count). The number of hydrogen-bond acceptors (Lipinski definition) is 6. The first kappa shape index (κ1) is 27.1. The van der Waals surface area contributed by atoms with Gasteiger partial charge in [0.2, 0.25) is 0 Å². The third kappa shape index (κ3) is 7.74. The fraction of sp³-hybridized carbons (Fsp3) is 0.400. The summed E-state index contributed by atoms with van der Waals surface area (Å²) < 4.78 is 11.1. The van der Waals surface area contributed by atoms with E-state index in [1.54, 1.807) is 42.5 Å². The third-order valence-corrected chi connectivity index (χ3v) is 6.85. The van der Waals surface area contributed by atoms with Crippen molar-refractivity contribution in [2.75, 3.05) is 18.1 Å². The first-order valence-corrected chi connectivity index (χ1v) is 12.6. The van der Waals surface area contributed by atoms with Crippen LogP contribution in [0.1, 0.15) is 63.5 Å². The minimum Gasteiger partial charge on any atom is -0.462 e. The van der Waals surface area contributed by atoms with Crippen molar-refractivity contribution in [2.45, 2.75) is 57.8 Å². The fourth-order valence-electron chi connectivity index (χ4n) is 4.63. The van der Waals surface area contributed by atoms with Gasteiger partial charge in [-0.05, 0) is 85.9 Å². The van der Waals surface area contributed by atoms with Crippen LogP contribution in [0.5, 0.6) is 5.75 Å². The van der Waals surface area contributed by atoms with Crippen molar-refractivity contribution in [2.24, 2.45) is 11.8 Å². The number of carbonyl (C=O) groups is 2. The molecular formula is C30H38N2O4. The lowest BCUT2D eigenvalue weighted by Crippen LogP contribution is -2.27. The van der Waals surface area contributed by atoms with Crippen molar-refractivity contribution >= 4 is 29.4 Å². The Morgan fingerprint density at radius 2 is 1.75 bits per heavy atom. The van der Waals surface area contributed by atoms with Gasteiger partial charge in [0.05, 0.1) is 5.92 Å². The molecule has 6 nitrogen and oxygen atoms in total. The number of esters is 2. The number of allylic oxidation sites excluding steroid dienone is 1. The quantitative estimate of drug-likeness (QED) is 0.138. The average Bonchev–Trinajstić information content (AvgIpc) is 2.86. The predicted molar refractivity (Wildman–Crippen MR) is 145 cm³/mol. The van der Waals surface area contributed by atoms with Crippen LogP contribution in [0, 0.1) is 11.8 Å². The lowest BCUT2D eigenvalue weighted by atomic mass is 9.80. The lowest BCUT2D eigenvalue weighted by Gasteiger charge is -2.26. The molecule has 0 radical (unpaired) electrons. The van der Waals surface area contributed by atoms with Crippen molar-refractivity contribution in [1.82, 2.24) is 0 Å². The number of nitrogen functional groups attached to an aromatic ring is 2. The second-order valence-electron chi connectivity index (χ2n) is 10.2. The molecule has 6 heteroatoms. The molecule has 0 spiro atoms. The number of carbonyl (C=O) groups excluding carboxylic acids is 2. The van der Waals surface area contributed by atoms with E-state index in [-0.39, 0.29) is 18.5 Å². The van der Waals surface area contributed by atoms with Crippen LogP contribution < -0.4 is 16.2 Å². The molecule has 2 aromatic carbocycles. The van der Waals surface area contributed by atoms with Gasteiger partial charge < -0.3 is 20.9 Å². The average molecular weight is 491 g/mol. The molecule has 36 heavy (non-hydrogen) atoms. The van der Waals surface area contributed by atoms with Gasteiger partial charge in [0.25, 0.3) is 0 Å². The van der Waals surface area contributed by atoms with E-state index in [4.69, 9.17) is 20.9 Å². The number of ether oxygens (including phenoxy) is 2. The summed E-state index contributed by atoms with van der Waals surface area (Å²) in [7, 11) is 0. The monoisotopic (exact) mass is 490 g/mol. The van der Waals surface area contributed by atoms with Gasteiger partial charge in [-0.3, -0.25) is 4.79 Å². The molecule has 1 saturated carbocycles. The molecule has 0 aliphatic heterocycles. The zero-order chi connectivity index (χ0) is 26.1. The van der Waals surface area contributed by atoms with Crippen LogP contribution in [0.15, 0.2) is 61.2 Å². The largest absolute Gasteiger partial charge is 0.462 e. The molecule has 0 aromatic heterocycles. The summed E-state index contributed by atoms with van der Waals surface area (Å²) in [4.78, 5) is 24.8. The van der Waals surface area contributed by atoms with Gasteiger partial charge in [0.1, 0.15) is 12.4 Å². The minimum atomic E-state index is -0.461. The highest BCUT2D eigenvalue weighted by atomic mass is 16.5. The number of nitrogens with two attached hydrogens (primary N) is 2. The molecule has 4 N–H and O–H groups in total. The topological polar surface area (TPSA) is 105 Å². The summed E-state index contributed by atoms with van der Waals surface area (Å²) in [6.07, 6.45) is 11.1. The van der Waals surface area contributed by atoms with Crippen molar-refractivity contribution < 1.29 is 19.1 Å². The Balaban J connectivity index is 1.46. The second kappa shape index (κ2) is 12.4. The normalized spacial score (nSPS) is 18.1. The smallest absolute Gasteiger partial charge is 0.330 e. The summed E-state index contributed by atoms with van der Waals surface area (Å²) in [6.45, 7) is 7.88. The molecule has 0 amide bonds. The maximum Gasteiger partial charge on any atom is 0.330 e. The Hall–Kier alpha value is -3.54. The van der Waals surface area contributed by atoms with Gasteiger partial charge in [-0.25, -0.2) is 4.79 Å².